The maximum atomic E-state index is 13.4. The number of imidazole rings is 1. The van der Waals surface area contributed by atoms with Gasteiger partial charge in [0.2, 0.25) is 11.8 Å². The molecule has 2 aromatic heterocycles. The third kappa shape index (κ3) is 6.24. The van der Waals surface area contributed by atoms with Crippen molar-refractivity contribution < 1.29 is 27.2 Å². The number of carbonyl (C=O) groups is 3. The number of rotatable bonds is 9. The van der Waals surface area contributed by atoms with Gasteiger partial charge in [-0.1, -0.05) is 30.3 Å². The van der Waals surface area contributed by atoms with Crippen LogP contribution < -0.4 is 15.8 Å². The van der Waals surface area contributed by atoms with E-state index in [1.54, 1.807) is 37.4 Å². The normalized spacial score (nSPS) is 18.8. The van der Waals surface area contributed by atoms with E-state index in [1.807, 2.05) is 6.07 Å². The van der Waals surface area contributed by atoms with Crippen LogP contribution in [-0.2, 0) is 33.1 Å². The Morgan fingerprint density at radius 3 is 2.57 bits per heavy atom. The van der Waals surface area contributed by atoms with Crippen LogP contribution in [0.2, 0.25) is 0 Å². The number of aromatic nitrogens is 2. The maximum Gasteiger partial charge on any atom is 0.290 e. The van der Waals surface area contributed by atoms with E-state index >= 15 is 0 Å². The van der Waals surface area contributed by atoms with Crippen molar-refractivity contribution >= 4 is 27.7 Å². The summed E-state index contributed by atoms with van der Waals surface area (Å²) in [5.41, 5.74) is 6.35. The van der Waals surface area contributed by atoms with Gasteiger partial charge in [0.15, 0.2) is 10.8 Å². The first-order chi connectivity index (χ1) is 17.6. The largest absolute Gasteiger partial charge is 0.459 e. The fourth-order valence-corrected chi connectivity index (χ4v) is 5.52. The van der Waals surface area contributed by atoms with Gasteiger partial charge < -0.3 is 24.9 Å². The van der Waals surface area contributed by atoms with Gasteiger partial charge in [-0.3, -0.25) is 14.4 Å². The number of nitrogens with two attached hydrogens (primary N) is 1. The molecule has 13 heteroatoms. The number of nitrogens with one attached hydrogen (secondary N) is 2. The van der Waals surface area contributed by atoms with Gasteiger partial charge in [0.05, 0.1) is 12.6 Å². The average Bonchev–Trinajstić information content (AvgIpc) is 3.56. The van der Waals surface area contributed by atoms with E-state index in [1.165, 1.54) is 34.3 Å². The molecule has 1 fully saturated rings. The zero-order valence-electron chi connectivity index (χ0n) is 20.1. The van der Waals surface area contributed by atoms with Crippen LogP contribution in [0.1, 0.15) is 29.0 Å². The van der Waals surface area contributed by atoms with E-state index in [9.17, 15) is 22.8 Å². The smallest absolute Gasteiger partial charge is 0.290 e. The van der Waals surface area contributed by atoms with Crippen molar-refractivity contribution in [3.8, 4) is 0 Å². The molecule has 3 atom stereocenters. The van der Waals surface area contributed by atoms with Crippen LogP contribution in [0.15, 0.2) is 70.7 Å². The summed E-state index contributed by atoms with van der Waals surface area (Å²) in [4.78, 5) is 43.9. The highest BCUT2D eigenvalue weighted by Gasteiger charge is 2.40. The van der Waals surface area contributed by atoms with Crippen molar-refractivity contribution in [1.82, 2.24) is 24.5 Å². The first-order valence-electron chi connectivity index (χ1n) is 11.6. The molecule has 3 heterocycles. The molecule has 1 aliphatic heterocycles. The average molecular weight is 529 g/mol. The van der Waals surface area contributed by atoms with E-state index in [4.69, 9.17) is 10.2 Å². The molecule has 1 aromatic carbocycles. The van der Waals surface area contributed by atoms with Crippen LogP contribution in [0.4, 0.5) is 0 Å². The minimum Gasteiger partial charge on any atom is -0.459 e. The fraction of sp³-hybridized carbons (Fsp3) is 0.333. The lowest BCUT2D eigenvalue weighted by Crippen LogP contribution is -2.59. The number of hydrogen-bond donors (Lipinski definition) is 3. The monoisotopic (exact) mass is 528 g/mol. The lowest BCUT2D eigenvalue weighted by Gasteiger charge is -2.38. The van der Waals surface area contributed by atoms with Gasteiger partial charge >= 0.3 is 0 Å². The van der Waals surface area contributed by atoms with Gasteiger partial charge in [-0.15, -0.1) is 0 Å². The van der Waals surface area contributed by atoms with E-state index < -0.39 is 45.9 Å². The molecule has 1 aliphatic rings. The van der Waals surface area contributed by atoms with Crippen molar-refractivity contribution in [3.05, 3.63) is 72.6 Å². The molecule has 37 heavy (non-hydrogen) atoms. The summed E-state index contributed by atoms with van der Waals surface area (Å²) in [6.45, 7) is 0.0763. The number of aryl methyl sites for hydroxylation is 1. The Labute approximate surface area is 213 Å². The molecule has 12 nitrogen and oxygen atoms in total. The number of piperidine rings is 1. The zero-order chi connectivity index (χ0) is 26.6. The quantitative estimate of drug-likeness (QED) is 0.356. The van der Waals surface area contributed by atoms with Crippen molar-refractivity contribution in [2.75, 3.05) is 6.54 Å². The molecule has 1 saturated heterocycles. The third-order valence-electron chi connectivity index (χ3n) is 6.12. The minimum atomic E-state index is -3.96. The van der Waals surface area contributed by atoms with Gasteiger partial charge in [0, 0.05) is 32.3 Å². The minimum absolute atomic E-state index is 0.0266. The highest BCUT2D eigenvalue weighted by Crippen LogP contribution is 2.23. The van der Waals surface area contributed by atoms with E-state index in [0.717, 1.165) is 5.56 Å². The van der Waals surface area contributed by atoms with Crippen molar-refractivity contribution in [2.45, 2.75) is 42.4 Å². The van der Waals surface area contributed by atoms with Crippen LogP contribution in [-0.4, -0.2) is 65.3 Å². The lowest BCUT2D eigenvalue weighted by atomic mass is 9.96. The highest BCUT2D eigenvalue weighted by molar-refractivity contribution is 7.89. The summed E-state index contributed by atoms with van der Waals surface area (Å²) in [5.74, 6) is -1.83. The Hall–Kier alpha value is -3.97. The SMILES string of the molecule is Cn1cnc(S(=O)(=O)N[C@H]2CCN(C(=O)c3ccco3)[C@H](C(=O)N[C@H](Cc3ccccc3)C(N)=O)C2)c1. The summed E-state index contributed by atoms with van der Waals surface area (Å²) in [6.07, 6.45) is 4.47. The molecule has 0 aliphatic carbocycles. The Bertz CT molecular complexity index is 1360. The second-order valence-electron chi connectivity index (χ2n) is 8.86. The Balaban J connectivity index is 1.54. The van der Waals surface area contributed by atoms with Gasteiger partial charge in [0.1, 0.15) is 12.1 Å². The number of sulfonamides is 1. The number of benzene rings is 1. The van der Waals surface area contributed by atoms with Crippen molar-refractivity contribution in [2.24, 2.45) is 12.8 Å². The molecule has 4 N–H and O–H groups in total. The van der Waals surface area contributed by atoms with Crippen LogP contribution in [0.3, 0.4) is 0 Å². The molecular formula is C24H28N6O6S. The molecule has 0 saturated carbocycles. The number of hydrogen-bond acceptors (Lipinski definition) is 7. The summed E-state index contributed by atoms with van der Waals surface area (Å²) in [6, 6.07) is 9.31. The molecule has 0 bridgehead atoms. The topological polar surface area (TPSA) is 170 Å². The van der Waals surface area contributed by atoms with Gasteiger partial charge in [-0.2, -0.15) is 0 Å². The van der Waals surface area contributed by atoms with Crippen molar-refractivity contribution in [1.29, 1.82) is 0 Å². The first kappa shape index (κ1) is 26.1. The molecule has 196 valence electrons. The van der Waals surface area contributed by atoms with Crippen molar-refractivity contribution in [3.63, 3.8) is 0 Å². The van der Waals surface area contributed by atoms with Crippen LogP contribution >= 0.6 is 0 Å². The number of likely N-dealkylation sites (tertiary alicyclic amines) is 1. The fourth-order valence-electron chi connectivity index (χ4n) is 4.25. The van der Waals surface area contributed by atoms with E-state index in [-0.39, 0.29) is 36.6 Å². The first-order valence-corrected chi connectivity index (χ1v) is 13.1. The molecule has 4 rings (SSSR count). The number of primary amides is 1. The summed E-state index contributed by atoms with van der Waals surface area (Å²) >= 11 is 0. The predicted molar refractivity (Wildman–Crippen MR) is 131 cm³/mol. The number of amides is 3. The molecule has 0 radical (unpaired) electrons. The molecule has 3 amide bonds. The number of carbonyl (C=O) groups excluding carboxylic acids is 3. The van der Waals surface area contributed by atoms with Crippen LogP contribution in [0, 0.1) is 0 Å². The number of nitrogens with zero attached hydrogens (tertiary/aromatic N) is 3. The van der Waals surface area contributed by atoms with E-state index in [2.05, 4.69) is 15.0 Å². The lowest BCUT2D eigenvalue weighted by molar-refractivity contribution is -0.131. The molecule has 3 aromatic rings. The second kappa shape index (κ2) is 11.0. The Morgan fingerprint density at radius 2 is 1.95 bits per heavy atom. The summed E-state index contributed by atoms with van der Waals surface area (Å²) in [5, 5.41) is 2.50. The van der Waals surface area contributed by atoms with Gasteiger partial charge in [-0.25, -0.2) is 18.1 Å². The van der Waals surface area contributed by atoms with Gasteiger partial charge in [0.25, 0.3) is 15.9 Å². The standard InChI is InChI=1S/C24H28N6O6S/c1-29-14-21(26-15-29)37(34,35)28-17-9-10-30(24(33)20-8-5-11-36-20)19(13-17)23(32)27-18(22(25)31)12-16-6-3-2-4-7-16/h2-8,11,14-15,17-19,28H,9-10,12-13H2,1H3,(H2,25,31)(H,27,32)/t17-,18+,19-/m0/s1. The second-order valence-corrected chi connectivity index (χ2v) is 10.5. The van der Waals surface area contributed by atoms with Gasteiger partial charge in [-0.05, 0) is 30.5 Å². The van der Waals surface area contributed by atoms with Crippen LogP contribution in [0.5, 0.6) is 0 Å². The molecule has 0 spiro atoms. The molecular weight excluding hydrogens is 500 g/mol. The number of furan rings is 1. The maximum absolute atomic E-state index is 13.4. The molecule has 0 unspecified atom stereocenters. The third-order valence-corrected chi connectivity index (χ3v) is 7.52. The van der Waals surface area contributed by atoms with E-state index in [0.29, 0.717) is 0 Å². The Kier molecular flexibility index (Phi) is 7.74. The summed E-state index contributed by atoms with van der Waals surface area (Å²) in [7, 11) is -2.31. The highest BCUT2D eigenvalue weighted by atomic mass is 32.2. The Morgan fingerprint density at radius 1 is 1.19 bits per heavy atom. The summed E-state index contributed by atoms with van der Waals surface area (Å²) < 4.78 is 34.9. The predicted octanol–water partition coefficient (Wildman–Crippen LogP) is 0.178. The zero-order valence-corrected chi connectivity index (χ0v) is 20.9. The van der Waals surface area contributed by atoms with Crippen LogP contribution in [0.25, 0.3) is 0 Å².